The fourth-order valence-electron chi connectivity index (χ4n) is 2.87. The van der Waals surface area contributed by atoms with Gasteiger partial charge in [0, 0.05) is 32.9 Å². The number of nitrogen functional groups attached to an aromatic ring is 1. The first-order valence-corrected chi connectivity index (χ1v) is 7.23. The van der Waals surface area contributed by atoms with Crippen molar-refractivity contribution >= 4 is 17.3 Å². The first-order valence-electron chi connectivity index (χ1n) is 7.23. The molecule has 0 saturated carbocycles. The van der Waals surface area contributed by atoms with Crippen molar-refractivity contribution in [3.63, 3.8) is 0 Å². The molecule has 1 aromatic carbocycles. The third-order valence-electron chi connectivity index (χ3n) is 3.57. The van der Waals surface area contributed by atoms with Gasteiger partial charge in [0.15, 0.2) is 0 Å². The fourth-order valence-corrected chi connectivity index (χ4v) is 2.87. The number of ether oxygens (including phenoxy) is 1. The Labute approximate surface area is 126 Å². The number of rotatable bonds is 2. The SMILES string of the molecule is CC1CN(c2cc(N)ccc2C(=O)N(C)C)CC(C)(C)O1. The van der Waals surface area contributed by atoms with Gasteiger partial charge in [-0.05, 0) is 39.0 Å². The maximum absolute atomic E-state index is 12.4. The Kier molecular flexibility index (Phi) is 4.14. The monoisotopic (exact) mass is 291 g/mol. The molecule has 1 amide bonds. The molecule has 0 radical (unpaired) electrons. The van der Waals surface area contributed by atoms with E-state index in [0.29, 0.717) is 11.3 Å². The van der Waals surface area contributed by atoms with Crippen LogP contribution in [0.15, 0.2) is 18.2 Å². The van der Waals surface area contributed by atoms with Gasteiger partial charge in [-0.2, -0.15) is 0 Å². The number of benzene rings is 1. The number of nitrogens with zero attached hydrogens (tertiary/aromatic N) is 2. The lowest BCUT2D eigenvalue weighted by molar-refractivity contribution is -0.0750. The summed E-state index contributed by atoms with van der Waals surface area (Å²) in [6, 6.07) is 5.46. The Morgan fingerprint density at radius 2 is 2.10 bits per heavy atom. The topological polar surface area (TPSA) is 58.8 Å². The maximum Gasteiger partial charge on any atom is 0.255 e. The van der Waals surface area contributed by atoms with E-state index >= 15 is 0 Å². The van der Waals surface area contributed by atoms with E-state index in [1.54, 1.807) is 31.1 Å². The number of carbonyl (C=O) groups is 1. The summed E-state index contributed by atoms with van der Waals surface area (Å²) in [6.07, 6.45) is 0.109. The van der Waals surface area contributed by atoms with Crippen LogP contribution < -0.4 is 10.6 Å². The lowest BCUT2D eigenvalue weighted by Gasteiger charge is -2.43. The van der Waals surface area contributed by atoms with Crippen LogP contribution in [-0.2, 0) is 4.74 Å². The first kappa shape index (κ1) is 15.6. The Balaban J connectivity index is 2.42. The molecule has 2 rings (SSSR count). The van der Waals surface area contributed by atoms with Crippen molar-refractivity contribution in [2.45, 2.75) is 32.5 Å². The molecule has 21 heavy (non-hydrogen) atoms. The van der Waals surface area contributed by atoms with Gasteiger partial charge in [0.05, 0.1) is 23.0 Å². The van der Waals surface area contributed by atoms with Crippen molar-refractivity contribution in [3.8, 4) is 0 Å². The molecule has 1 unspecified atom stereocenters. The van der Waals surface area contributed by atoms with Crippen LogP contribution >= 0.6 is 0 Å². The summed E-state index contributed by atoms with van der Waals surface area (Å²) < 4.78 is 5.94. The van der Waals surface area contributed by atoms with E-state index in [0.717, 1.165) is 18.8 Å². The van der Waals surface area contributed by atoms with Gasteiger partial charge in [0.25, 0.3) is 5.91 Å². The smallest absolute Gasteiger partial charge is 0.255 e. The number of hydrogen-bond donors (Lipinski definition) is 1. The fraction of sp³-hybridized carbons (Fsp3) is 0.562. The average Bonchev–Trinajstić information content (AvgIpc) is 2.35. The van der Waals surface area contributed by atoms with E-state index in [2.05, 4.69) is 18.7 Å². The van der Waals surface area contributed by atoms with Gasteiger partial charge in [0.1, 0.15) is 0 Å². The zero-order valence-corrected chi connectivity index (χ0v) is 13.5. The number of carbonyl (C=O) groups excluding carboxylic acids is 1. The largest absolute Gasteiger partial charge is 0.399 e. The van der Waals surface area contributed by atoms with Gasteiger partial charge in [-0.25, -0.2) is 0 Å². The van der Waals surface area contributed by atoms with Crippen molar-refractivity contribution in [2.75, 3.05) is 37.8 Å². The normalized spacial score (nSPS) is 21.2. The molecule has 1 aromatic rings. The first-order chi connectivity index (χ1) is 9.69. The van der Waals surface area contributed by atoms with Gasteiger partial charge >= 0.3 is 0 Å². The van der Waals surface area contributed by atoms with Crippen LogP contribution in [0.5, 0.6) is 0 Å². The Bertz CT molecular complexity index is 540. The highest BCUT2D eigenvalue weighted by molar-refractivity contribution is 6.00. The van der Waals surface area contributed by atoms with Crippen LogP contribution in [0.4, 0.5) is 11.4 Å². The van der Waals surface area contributed by atoms with Crippen LogP contribution in [0.25, 0.3) is 0 Å². The second kappa shape index (κ2) is 5.56. The molecule has 1 heterocycles. The lowest BCUT2D eigenvalue weighted by atomic mass is 10.0. The molecule has 1 aliphatic heterocycles. The van der Waals surface area contributed by atoms with Crippen LogP contribution in [-0.4, -0.2) is 49.7 Å². The van der Waals surface area contributed by atoms with Gasteiger partial charge < -0.3 is 20.3 Å². The number of morpholine rings is 1. The summed E-state index contributed by atoms with van der Waals surface area (Å²) in [7, 11) is 3.52. The summed E-state index contributed by atoms with van der Waals surface area (Å²) in [4.78, 5) is 16.2. The summed E-state index contributed by atoms with van der Waals surface area (Å²) >= 11 is 0. The van der Waals surface area contributed by atoms with Crippen LogP contribution in [0.1, 0.15) is 31.1 Å². The molecule has 0 bridgehead atoms. The minimum absolute atomic E-state index is 0.0121. The third-order valence-corrected chi connectivity index (χ3v) is 3.57. The van der Waals surface area contributed by atoms with E-state index in [-0.39, 0.29) is 17.6 Å². The van der Waals surface area contributed by atoms with Gasteiger partial charge in [-0.15, -0.1) is 0 Å². The summed E-state index contributed by atoms with van der Waals surface area (Å²) in [5.41, 5.74) is 7.91. The molecule has 0 aromatic heterocycles. The standard InChI is InChI=1S/C16H25N3O2/c1-11-9-19(10-16(2,3)21-11)14-8-12(17)6-7-13(14)15(20)18(4)5/h6-8,11H,9-10,17H2,1-5H3. The minimum atomic E-state index is -0.249. The number of nitrogens with two attached hydrogens (primary N) is 1. The minimum Gasteiger partial charge on any atom is -0.399 e. The van der Waals surface area contributed by atoms with Crippen molar-refractivity contribution in [1.82, 2.24) is 4.90 Å². The zero-order chi connectivity index (χ0) is 15.8. The van der Waals surface area contributed by atoms with Crippen molar-refractivity contribution in [3.05, 3.63) is 23.8 Å². The molecular formula is C16H25N3O2. The highest BCUT2D eigenvalue weighted by Gasteiger charge is 2.33. The van der Waals surface area contributed by atoms with Gasteiger partial charge in [-0.3, -0.25) is 4.79 Å². The predicted molar refractivity (Wildman–Crippen MR) is 85.7 cm³/mol. The molecule has 0 aliphatic carbocycles. The van der Waals surface area contributed by atoms with E-state index in [1.165, 1.54) is 0 Å². The Morgan fingerprint density at radius 1 is 1.43 bits per heavy atom. The Hall–Kier alpha value is -1.75. The quantitative estimate of drug-likeness (QED) is 0.846. The molecule has 1 fully saturated rings. The van der Waals surface area contributed by atoms with E-state index in [4.69, 9.17) is 10.5 Å². The second-order valence-electron chi connectivity index (χ2n) is 6.54. The molecule has 1 atom stereocenters. The molecule has 0 spiro atoms. The highest BCUT2D eigenvalue weighted by Crippen LogP contribution is 2.30. The molecule has 1 saturated heterocycles. The number of hydrogen-bond acceptors (Lipinski definition) is 4. The summed E-state index contributed by atoms with van der Waals surface area (Å²) in [5, 5.41) is 0. The maximum atomic E-state index is 12.4. The van der Waals surface area contributed by atoms with Gasteiger partial charge in [0.2, 0.25) is 0 Å². The van der Waals surface area contributed by atoms with Crippen molar-refractivity contribution < 1.29 is 9.53 Å². The zero-order valence-electron chi connectivity index (χ0n) is 13.5. The number of amides is 1. The third kappa shape index (κ3) is 3.47. The molecule has 116 valence electrons. The van der Waals surface area contributed by atoms with Crippen LogP contribution in [0.3, 0.4) is 0 Å². The Morgan fingerprint density at radius 3 is 2.67 bits per heavy atom. The van der Waals surface area contributed by atoms with E-state index in [1.807, 2.05) is 13.0 Å². The summed E-state index contributed by atoms with van der Waals surface area (Å²) in [5.74, 6) is -0.0121. The van der Waals surface area contributed by atoms with E-state index in [9.17, 15) is 4.79 Å². The second-order valence-corrected chi connectivity index (χ2v) is 6.54. The molecule has 1 aliphatic rings. The molecule has 2 N–H and O–H groups in total. The van der Waals surface area contributed by atoms with Crippen molar-refractivity contribution in [1.29, 1.82) is 0 Å². The number of anilines is 2. The highest BCUT2D eigenvalue weighted by atomic mass is 16.5. The predicted octanol–water partition coefficient (Wildman–Crippen LogP) is 1.97. The average molecular weight is 291 g/mol. The van der Waals surface area contributed by atoms with Crippen LogP contribution in [0.2, 0.25) is 0 Å². The van der Waals surface area contributed by atoms with Crippen molar-refractivity contribution in [2.24, 2.45) is 0 Å². The molecule has 5 heteroatoms. The summed E-state index contributed by atoms with van der Waals surface area (Å²) in [6.45, 7) is 7.66. The van der Waals surface area contributed by atoms with Gasteiger partial charge in [-0.1, -0.05) is 0 Å². The lowest BCUT2D eigenvalue weighted by Crippen LogP contribution is -2.52. The molecular weight excluding hydrogens is 266 g/mol. The van der Waals surface area contributed by atoms with E-state index < -0.39 is 0 Å². The van der Waals surface area contributed by atoms with Crippen LogP contribution in [0, 0.1) is 0 Å². The molecule has 5 nitrogen and oxygen atoms in total.